The second kappa shape index (κ2) is 14.1. The molecular weight excluding hydrogens is 544 g/mol. The first-order chi connectivity index (χ1) is 19.9. The summed E-state index contributed by atoms with van der Waals surface area (Å²) in [4.78, 5) is 32.3. The minimum Gasteiger partial charge on any atom is -0.504 e. The number of hydrogen-bond acceptors (Lipinski definition) is 9. The van der Waals surface area contributed by atoms with Gasteiger partial charge in [0.25, 0.3) is 5.56 Å². The Hall–Kier alpha value is -3.89. The first-order valence-corrected chi connectivity index (χ1v) is 14.6. The number of hydrogen-bond donors (Lipinski definition) is 1. The molecule has 2 heterocycles. The molecule has 1 atom stereocenters. The van der Waals surface area contributed by atoms with Crippen LogP contribution in [0.4, 0.5) is 0 Å². The van der Waals surface area contributed by atoms with E-state index in [4.69, 9.17) is 18.9 Å². The largest absolute Gasteiger partial charge is 0.504 e. The van der Waals surface area contributed by atoms with E-state index in [1.807, 2.05) is 31.2 Å². The van der Waals surface area contributed by atoms with Gasteiger partial charge in [-0.1, -0.05) is 49.3 Å². The number of aromatic nitrogens is 1. The molecule has 10 heteroatoms. The molecule has 1 unspecified atom stereocenters. The molecule has 3 aromatic rings. The number of methoxy groups -OCH3 is 1. The van der Waals surface area contributed by atoms with Crippen LogP contribution in [0.5, 0.6) is 17.2 Å². The Labute approximate surface area is 243 Å². The second-order valence-corrected chi connectivity index (χ2v) is 10.5. The Balaban J connectivity index is 1.78. The number of benzene rings is 2. The molecule has 9 nitrogen and oxygen atoms in total. The molecule has 41 heavy (non-hydrogen) atoms. The van der Waals surface area contributed by atoms with Crippen LogP contribution in [0.25, 0.3) is 6.08 Å². The summed E-state index contributed by atoms with van der Waals surface area (Å²) in [5, 5.41) is 10.1. The molecule has 0 amide bonds. The minimum absolute atomic E-state index is 0.0236. The summed E-state index contributed by atoms with van der Waals surface area (Å²) in [5.41, 5.74) is 1.90. The van der Waals surface area contributed by atoms with Gasteiger partial charge in [0.15, 0.2) is 16.3 Å². The van der Waals surface area contributed by atoms with Crippen LogP contribution in [0.3, 0.4) is 0 Å². The van der Waals surface area contributed by atoms with Crippen LogP contribution in [-0.2, 0) is 14.3 Å². The van der Waals surface area contributed by atoms with Gasteiger partial charge in [-0.25, -0.2) is 9.79 Å². The SMILES string of the molecule is CCCCCOc1ccc(C2C(C(=O)OCCOC)=C(C)N=c3s/c(=C\c4ccc(O)c(OCC)c4)c(=O)n32)cc1. The van der Waals surface area contributed by atoms with Gasteiger partial charge in [-0.15, -0.1) is 0 Å². The predicted molar refractivity (Wildman–Crippen MR) is 157 cm³/mol. The van der Waals surface area contributed by atoms with E-state index >= 15 is 0 Å². The van der Waals surface area contributed by atoms with Crippen LogP contribution in [0, 0.1) is 0 Å². The van der Waals surface area contributed by atoms with E-state index in [1.54, 1.807) is 25.1 Å². The van der Waals surface area contributed by atoms with E-state index in [2.05, 4.69) is 11.9 Å². The average molecular weight is 581 g/mol. The standard InChI is InChI=1S/C31H36N2O7S/c1-5-7-8-15-39-23-12-10-22(11-13-23)28-27(30(36)40-17-16-37-4)20(3)32-31-33(28)29(35)26(41-31)19-21-9-14-24(34)25(18-21)38-6-2/h9-14,18-19,28,34H,5-8,15-17H2,1-4H3/b26-19-. The first-order valence-electron chi connectivity index (χ1n) is 13.7. The van der Waals surface area contributed by atoms with Crippen molar-refractivity contribution in [2.45, 2.75) is 46.1 Å². The zero-order chi connectivity index (χ0) is 29.4. The fourth-order valence-electron chi connectivity index (χ4n) is 4.52. The molecule has 1 aliphatic heterocycles. The number of unbranched alkanes of at least 4 members (excludes halogenated alkanes) is 2. The number of phenols is 1. The van der Waals surface area contributed by atoms with Crippen LogP contribution in [0.1, 0.15) is 57.2 Å². The van der Waals surface area contributed by atoms with E-state index in [0.717, 1.165) is 30.6 Å². The molecule has 0 saturated carbocycles. The lowest BCUT2D eigenvalue weighted by Gasteiger charge is -2.25. The van der Waals surface area contributed by atoms with Gasteiger partial charge < -0.3 is 24.1 Å². The van der Waals surface area contributed by atoms with Crippen LogP contribution in [0.15, 0.2) is 63.5 Å². The number of rotatable bonds is 13. The highest BCUT2D eigenvalue weighted by molar-refractivity contribution is 7.07. The Morgan fingerprint density at radius 1 is 1.07 bits per heavy atom. The van der Waals surface area contributed by atoms with Crippen LogP contribution < -0.4 is 24.4 Å². The summed E-state index contributed by atoms with van der Waals surface area (Å²) >= 11 is 1.23. The quantitative estimate of drug-likeness (QED) is 0.240. The third-order valence-corrected chi connectivity index (χ3v) is 7.54. The number of ether oxygens (including phenoxy) is 4. The molecule has 1 aromatic heterocycles. The van der Waals surface area contributed by atoms with Gasteiger partial charge >= 0.3 is 5.97 Å². The lowest BCUT2D eigenvalue weighted by atomic mass is 9.96. The van der Waals surface area contributed by atoms with E-state index in [-0.39, 0.29) is 24.5 Å². The second-order valence-electron chi connectivity index (χ2n) is 9.50. The normalized spacial score (nSPS) is 14.9. The molecule has 0 aliphatic carbocycles. The lowest BCUT2D eigenvalue weighted by Crippen LogP contribution is -2.40. The summed E-state index contributed by atoms with van der Waals surface area (Å²) in [7, 11) is 1.53. The molecule has 0 fully saturated rings. The highest BCUT2D eigenvalue weighted by Gasteiger charge is 2.33. The van der Waals surface area contributed by atoms with Crippen molar-refractivity contribution in [3.63, 3.8) is 0 Å². The Bertz CT molecular complexity index is 1570. The fraction of sp³-hybridized carbons (Fsp3) is 0.387. The number of phenolic OH excluding ortho intramolecular Hbond substituents is 1. The van der Waals surface area contributed by atoms with Gasteiger partial charge in [-0.3, -0.25) is 9.36 Å². The summed E-state index contributed by atoms with van der Waals surface area (Å²) in [6.45, 7) is 7.07. The van der Waals surface area contributed by atoms with Crippen molar-refractivity contribution in [2.75, 3.05) is 33.5 Å². The smallest absolute Gasteiger partial charge is 0.338 e. The topological polar surface area (TPSA) is 109 Å². The molecular formula is C31H36N2O7S. The van der Waals surface area contributed by atoms with E-state index in [1.165, 1.54) is 29.1 Å². The van der Waals surface area contributed by atoms with Crippen molar-refractivity contribution < 1.29 is 28.8 Å². The Morgan fingerprint density at radius 2 is 1.85 bits per heavy atom. The highest BCUT2D eigenvalue weighted by atomic mass is 32.1. The van der Waals surface area contributed by atoms with Gasteiger partial charge in [0.2, 0.25) is 0 Å². The van der Waals surface area contributed by atoms with E-state index < -0.39 is 12.0 Å². The minimum atomic E-state index is -0.739. The summed E-state index contributed by atoms with van der Waals surface area (Å²) in [6.07, 6.45) is 4.91. The van der Waals surface area contributed by atoms with Crippen molar-refractivity contribution in [3.05, 3.63) is 84.5 Å². The number of thiazole rings is 1. The maximum atomic E-state index is 13.9. The number of fused-ring (bicyclic) bond motifs is 1. The molecule has 2 aromatic carbocycles. The van der Waals surface area contributed by atoms with Gasteiger partial charge in [-0.2, -0.15) is 0 Å². The van der Waals surface area contributed by atoms with Crippen LogP contribution in [-0.4, -0.2) is 49.2 Å². The number of carbonyl (C=O) groups is 1. The molecule has 218 valence electrons. The number of aromatic hydroxyl groups is 1. The Kier molecular flexibility index (Phi) is 10.4. The zero-order valence-electron chi connectivity index (χ0n) is 23.8. The average Bonchev–Trinajstić information content (AvgIpc) is 3.26. The molecule has 1 aliphatic rings. The summed E-state index contributed by atoms with van der Waals surface area (Å²) in [6, 6.07) is 11.6. The molecule has 4 rings (SSSR count). The van der Waals surface area contributed by atoms with Crippen molar-refractivity contribution >= 4 is 23.4 Å². The zero-order valence-corrected chi connectivity index (χ0v) is 24.7. The summed E-state index contributed by atoms with van der Waals surface area (Å²) < 4.78 is 23.9. The molecule has 1 N–H and O–H groups in total. The maximum absolute atomic E-state index is 13.9. The lowest BCUT2D eigenvalue weighted by molar-refractivity contribution is -0.140. The predicted octanol–water partition coefficient (Wildman–Crippen LogP) is 4.10. The monoisotopic (exact) mass is 580 g/mol. The third-order valence-electron chi connectivity index (χ3n) is 6.56. The number of esters is 1. The molecule has 0 radical (unpaired) electrons. The van der Waals surface area contributed by atoms with Crippen LogP contribution >= 0.6 is 11.3 Å². The van der Waals surface area contributed by atoms with Crippen molar-refractivity contribution in [2.24, 2.45) is 4.99 Å². The number of allylic oxidation sites excluding steroid dienone is 1. The van der Waals surface area contributed by atoms with Crippen molar-refractivity contribution in [1.29, 1.82) is 0 Å². The van der Waals surface area contributed by atoms with Crippen molar-refractivity contribution in [3.8, 4) is 17.2 Å². The molecule has 0 bridgehead atoms. The fourth-order valence-corrected chi connectivity index (χ4v) is 5.57. The maximum Gasteiger partial charge on any atom is 0.338 e. The molecule has 0 spiro atoms. The van der Waals surface area contributed by atoms with Crippen LogP contribution in [0.2, 0.25) is 0 Å². The van der Waals surface area contributed by atoms with Gasteiger partial charge in [0.05, 0.1) is 41.7 Å². The van der Waals surface area contributed by atoms with E-state index in [0.29, 0.717) is 45.1 Å². The van der Waals surface area contributed by atoms with Crippen molar-refractivity contribution in [1.82, 2.24) is 4.57 Å². The first kappa shape index (κ1) is 30.1. The Morgan fingerprint density at radius 3 is 2.56 bits per heavy atom. The molecule has 0 saturated heterocycles. The number of carbonyl (C=O) groups excluding carboxylic acids is 1. The number of nitrogens with zero attached hydrogens (tertiary/aromatic N) is 2. The van der Waals surface area contributed by atoms with Gasteiger partial charge in [0, 0.05) is 7.11 Å². The van der Waals surface area contributed by atoms with E-state index in [9.17, 15) is 14.7 Å². The summed E-state index contributed by atoms with van der Waals surface area (Å²) in [5.74, 6) is 0.526. The van der Waals surface area contributed by atoms with Gasteiger partial charge in [0.1, 0.15) is 12.4 Å². The third kappa shape index (κ3) is 7.07. The van der Waals surface area contributed by atoms with Gasteiger partial charge in [-0.05, 0) is 61.7 Å². The highest BCUT2D eigenvalue weighted by Crippen LogP contribution is 2.32.